The number of benzene rings is 2. The molecule has 2 heterocycles. The number of hydrogen-bond acceptors (Lipinski definition) is 6. The van der Waals surface area contributed by atoms with Gasteiger partial charge in [0, 0.05) is 21.5 Å². The summed E-state index contributed by atoms with van der Waals surface area (Å²) in [6, 6.07) is 15.1. The number of aromatic amines is 1. The number of H-pyrrole nitrogens is 1. The van der Waals surface area contributed by atoms with E-state index in [0.717, 1.165) is 10.4 Å². The number of halogens is 2. The van der Waals surface area contributed by atoms with Crippen LogP contribution in [0.1, 0.15) is 40.2 Å². The molecule has 0 fully saturated rings. The van der Waals surface area contributed by atoms with Crippen LogP contribution in [-0.2, 0) is 16.0 Å². The molecule has 0 saturated heterocycles. The van der Waals surface area contributed by atoms with Gasteiger partial charge in [0.05, 0.1) is 18.7 Å². The summed E-state index contributed by atoms with van der Waals surface area (Å²) in [5.41, 5.74) is 2.14. The molecule has 2 N–H and O–H groups in total. The summed E-state index contributed by atoms with van der Waals surface area (Å²) in [7, 11) is 0. The minimum absolute atomic E-state index is 0.149. The molecule has 2 atom stereocenters. The van der Waals surface area contributed by atoms with E-state index in [-0.39, 0.29) is 24.1 Å². The van der Waals surface area contributed by atoms with Gasteiger partial charge in [-0.25, -0.2) is 4.39 Å². The zero-order valence-corrected chi connectivity index (χ0v) is 21.0. The van der Waals surface area contributed by atoms with Crippen molar-refractivity contribution in [2.75, 3.05) is 6.61 Å². The van der Waals surface area contributed by atoms with Crippen LogP contribution < -0.4 is 5.32 Å². The van der Waals surface area contributed by atoms with Crippen LogP contribution in [-0.4, -0.2) is 39.9 Å². The summed E-state index contributed by atoms with van der Waals surface area (Å²) in [6.07, 6.45) is 2.10. The number of thiophene rings is 1. The molecule has 2 aromatic heterocycles. The molecule has 0 bridgehead atoms. The molecule has 36 heavy (non-hydrogen) atoms. The van der Waals surface area contributed by atoms with Gasteiger partial charge in [-0.3, -0.25) is 9.59 Å². The van der Waals surface area contributed by atoms with E-state index in [1.54, 1.807) is 13.0 Å². The van der Waals surface area contributed by atoms with Gasteiger partial charge in [-0.15, -0.1) is 11.3 Å². The number of hydrogen-bond donors (Lipinski definition) is 2. The highest BCUT2D eigenvalue weighted by Crippen LogP contribution is 2.30. The molecule has 0 spiro atoms. The first-order chi connectivity index (χ1) is 17.4. The van der Waals surface area contributed by atoms with Crippen LogP contribution in [0.15, 0.2) is 66.2 Å². The molecule has 186 valence electrons. The van der Waals surface area contributed by atoms with E-state index in [4.69, 9.17) is 16.3 Å². The monoisotopic (exact) mass is 526 g/mol. The smallest absolute Gasteiger partial charge is 0.314 e. The molecule has 10 heteroatoms. The summed E-state index contributed by atoms with van der Waals surface area (Å²) >= 11 is 7.51. The molecule has 0 saturated carbocycles. The Morgan fingerprint density at radius 1 is 1.19 bits per heavy atom. The van der Waals surface area contributed by atoms with Crippen molar-refractivity contribution in [3.05, 3.63) is 93.1 Å². The van der Waals surface area contributed by atoms with E-state index in [1.165, 1.54) is 29.7 Å². The Kier molecular flexibility index (Phi) is 8.45. The summed E-state index contributed by atoms with van der Waals surface area (Å²) < 4.78 is 19.6. The number of rotatable bonds is 10. The van der Waals surface area contributed by atoms with Crippen molar-refractivity contribution in [3.8, 4) is 11.1 Å². The van der Waals surface area contributed by atoms with Crippen LogP contribution in [0, 0.1) is 5.82 Å². The lowest BCUT2D eigenvalue weighted by atomic mass is 9.92. The molecule has 4 aromatic rings. The average molecular weight is 527 g/mol. The Labute approximate surface area is 216 Å². The average Bonchev–Trinajstić information content (AvgIpc) is 3.59. The van der Waals surface area contributed by atoms with Crippen molar-refractivity contribution >= 4 is 34.8 Å². The third-order valence-corrected chi connectivity index (χ3v) is 6.86. The van der Waals surface area contributed by atoms with Crippen molar-refractivity contribution in [1.82, 2.24) is 20.7 Å². The second kappa shape index (κ2) is 11.9. The molecule has 2 aromatic carbocycles. The number of nitrogens with zero attached hydrogens (tertiary/aromatic N) is 2. The maximum atomic E-state index is 14.3. The Hall–Kier alpha value is -3.56. The van der Waals surface area contributed by atoms with Gasteiger partial charge in [-0.1, -0.05) is 41.9 Å². The summed E-state index contributed by atoms with van der Waals surface area (Å²) in [4.78, 5) is 26.4. The maximum Gasteiger partial charge on any atom is 0.314 e. The Bertz CT molecular complexity index is 1300. The summed E-state index contributed by atoms with van der Waals surface area (Å²) in [5, 5.41) is 15.3. The van der Waals surface area contributed by atoms with Crippen LogP contribution in [0.3, 0.4) is 0 Å². The lowest BCUT2D eigenvalue weighted by molar-refractivity contribution is -0.145. The minimum Gasteiger partial charge on any atom is -0.465 e. The molecule has 0 aliphatic rings. The quantitative estimate of drug-likeness (QED) is 0.269. The zero-order valence-electron chi connectivity index (χ0n) is 19.4. The van der Waals surface area contributed by atoms with Gasteiger partial charge in [0.25, 0.3) is 5.91 Å². The molecular weight excluding hydrogens is 503 g/mol. The standard InChI is InChI=1S/C26H24ClFN4O3S/c1-2-35-26(34)21(24-4-3-11-36-24)14-19(30-25(33)23-15-29-32-31-23)12-16-5-7-17(8-6-16)20-13-18(27)9-10-22(20)28/h3-11,13,15,19,21H,2,12,14H2,1H3,(H,30,33)(H,29,31,32). The number of esters is 1. The number of carbonyl (C=O) groups excluding carboxylic acids is 2. The fourth-order valence-electron chi connectivity index (χ4n) is 3.93. The molecule has 7 nitrogen and oxygen atoms in total. The number of nitrogens with one attached hydrogen (secondary N) is 2. The molecule has 4 rings (SSSR count). The van der Waals surface area contributed by atoms with Crippen LogP contribution in [0.5, 0.6) is 0 Å². The van der Waals surface area contributed by atoms with E-state index in [2.05, 4.69) is 20.7 Å². The molecule has 0 radical (unpaired) electrons. The number of aromatic nitrogens is 3. The summed E-state index contributed by atoms with van der Waals surface area (Å²) in [5.74, 6) is -1.64. The number of ether oxygens (including phenoxy) is 1. The molecular formula is C26H24ClFN4O3S. The van der Waals surface area contributed by atoms with E-state index in [0.29, 0.717) is 29.0 Å². The van der Waals surface area contributed by atoms with Crippen LogP contribution in [0.4, 0.5) is 4.39 Å². The number of carbonyl (C=O) groups is 2. The highest BCUT2D eigenvalue weighted by atomic mass is 35.5. The molecule has 2 unspecified atom stereocenters. The third-order valence-electron chi connectivity index (χ3n) is 5.64. The normalized spacial score (nSPS) is 12.6. The number of amides is 1. The summed E-state index contributed by atoms with van der Waals surface area (Å²) in [6.45, 7) is 2.02. The molecule has 0 aliphatic heterocycles. The highest BCUT2D eigenvalue weighted by Gasteiger charge is 2.28. The van der Waals surface area contributed by atoms with Gasteiger partial charge < -0.3 is 10.1 Å². The van der Waals surface area contributed by atoms with Crippen LogP contribution >= 0.6 is 22.9 Å². The Balaban J connectivity index is 1.58. The predicted molar refractivity (Wildman–Crippen MR) is 136 cm³/mol. The topological polar surface area (TPSA) is 97.0 Å². The molecule has 1 amide bonds. The first-order valence-corrected chi connectivity index (χ1v) is 12.6. The second-order valence-corrected chi connectivity index (χ2v) is 9.52. The van der Waals surface area contributed by atoms with Gasteiger partial charge in [0.2, 0.25) is 0 Å². The maximum absolute atomic E-state index is 14.3. The second-order valence-electron chi connectivity index (χ2n) is 8.11. The lowest BCUT2D eigenvalue weighted by Gasteiger charge is -2.23. The van der Waals surface area contributed by atoms with Crippen molar-refractivity contribution in [2.45, 2.75) is 31.7 Å². The van der Waals surface area contributed by atoms with Crippen molar-refractivity contribution in [1.29, 1.82) is 0 Å². The zero-order chi connectivity index (χ0) is 25.5. The van der Waals surface area contributed by atoms with Gasteiger partial charge >= 0.3 is 5.97 Å². The highest BCUT2D eigenvalue weighted by molar-refractivity contribution is 7.10. The fraction of sp³-hybridized carbons (Fsp3) is 0.231. The van der Waals surface area contributed by atoms with Gasteiger partial charge in [-0.2, -0.15) is 15.4 Å². The van der Waals surface area contributed by atoms with Gasteiger partial charge in [0.1, 0.15) is 5.82 Å². The van der Waals surface area contributed by atoms with Crippen molar-refractivity contribution in [3.63, 3.8) is 0 Å². The SMILES string of the molecule is CCOC(=O)C(CC(Cc1ccc(-c2cc(Cl)ccc2F)cc1)NC(=O)c1cn[nH]n1)c1cccs1. The van der Waals surface area contributed by atoms with Crippen molar-refractivity contribution in [2.24, 2.45) is 0 Å². The van der Waals surface area contributed by atoms with E-state index in [1.807, 2.05) is 41.8 Å². The van der Waals surface area contributed by atoms with Crippen LogP contribution in [0.2, 0.25) is 5.02 Å². The van der Waals surface area contributed by atoms with Crippen molar-refractivity contribution < 1.29 is 18.7 Å². The van der Waals surface area contributed by atoms with E-state index < -0.39 is 17.9 Å². The fourth-order valence-corrected chi connectivity index (χ4v) is 4.93. The van der Waals surface area contributed by atoms with Gasteiger partial charge in [-0.05, 0) is 60.5 Å². The largest absolute Gasteiger partial charge is 0.465 e. The molecule has 0 aliphatic carbocycles. The van der Waals surface area contributed by atoms with E-state index in [9.17, 15) is 14.0 Å². The van der Waals surface area contributed by atoms with E-state index >= 15 is 0 Å². The van der Waals surface area contributed by atoms with Gasteiger partial charge in [0.15, 0.2) is 5.69 Å². The first-order valence-electron chi connectivity index (χ1n) is 11.4. The van der Waals surface area contributed by atoms with Crippen LogP contribution in [0.25, 0.3) is 11.1 Å². The minimum atomic E-state index is -0.535. The Morgan fingerprint density at radius 3 is 2.67 bits per heavy atom. The lowest BCUT2D eigenvalue weighted by Crippen LogP contribution is -2.39. The predicted octanol–water partition coefficient (Wildman–Crippen LogP) is 5.40. The third kappa shape index (κ3) is 6.35. The Morgan fingerprint density at radius 2 is 2.00 bits per heavy atom. The first kappa shape index (κ1) is 25.5.